The van der Waals surface area contributed by atoms with Crippen LogP contribution in [0.3, 0.4) is 0 Å². The van der Waals surface area contributed by atoms with Gasteiger partial charge in [0.05, 0.1) is 24.1 Å². The van der Waals surface area contributed by atoms with E-state index >= 15 is 0 Å². The van der Waals surface area contributed by atoms with Crippen molar-refractivity contribution in [2.75, 3.05) is 17.9 Å². The Bertz CT molecular complexity index is 593. The number of rotatable bonds is 5. The lowest BCUT2D eigenvalue weighted by atomic mass is 10.2. The number of hydrogen-bond donors (Lipinski definition) is 2. The number of nitrogens with one attached hydrogen (secondary N) is 2. The molecule has 0 aliphatic heterocycles. The number of amides is 1. The maximum atomic E-state index is 12.2. The summed E-state index contributed by atoms with van der Waals surface area (Å²) < 4.78 is 0. The van der Waals surface area contributed by atoms with E-state index in [9.17, 15) is 4.79 Å². The molecule has 1 amide bonds. The number of carbonyl (C=O) groups excluding carboxylic acids is 1. The smallest absolute Gasteiger partial charge is 0.259 e. The van der Waals surface area contributed by atoms with Crippen LogP contribution < -0.4 is 10.8 Å². The Morgan fingerprint density at radius 1 is 1.30 bits per heavy atom. The fraction of sp³-hybridized carbons (Fsp3) is 0.231. The third kappa shape index (κ3) is 3.32. The van der Waals surface area contributed by atoms with E-state index in [-0.39, 0.29) is 5.91 Å². The van der Waals surface area contributed by atoms with Crippen molar-refractivity contribution >= 4 is 28.1 Å². The Hall–Kier alpha value is -1.96. The molecule has 1 aromatic carbocycles. The molecule has 2 aromatic rings. The van der Waals surface area contributed by atoms with E-state index < -0.39 is 0 Å². The topological polar surface area (TPSA) is 72.5 Å². The number of thiazole rings is 1. The maximum Gasteiger partial charge on any atom is 0.259 e. The number of hydrogen-bond acceptors (Lipinski definition) is 6. The molecule has 0 saturated heterocycles. The summed E-state index contributed by atoms with van der Waals surface area (Å²) in [6.45, 7) is 3.87. The van der Waals surface area contributed by atoms with Gasteiger partial charge in [0, 0.05) is 4.88 Å². The van der Waals surface area contributed by atoms with Gasteiger partial charge in [-0.3, -0.25) is 10.1 Å². The van der Waals surface area contributed by atoms with Gasteiger partial charge in [-0.2, -0.15) is 0 Å². The molecule has 0 aliphatic carbocycles. The highest BCUT2D eigenvalue weighted by Gasteiger charge is 2.13. The van der Waals surface area contributed by atoms with Crippen LogP contribution in [0.1, 0.15) is 20.9 Å². The van der Waals surface area contributed by atoms with Crippen molar-refractivity contribution in [1.82, 2.24) is 4.98 Å². The molecule has 0 saturated carbocycles. The fourth-order valence-corrected chi connectivity index (χ4v) is 2.36. The summed E-state index contributed by atoms with van der Waals surface area (Å²) in [6.07, 6.45) is 0. The standard InChI is InChI=1S/C13H15N3O3S/c1-8-9(2)20-13(14-8)15-12(17)10-6-4-5-7-11(10)16-19-18-3/h4-7,16H,1-3H3,(H,14,15,17). The maximum absolute atomic E-state index is 12.2. The number of aryl methyl sites for hydroxylation is 2. The second kappa shape index (κ2) is 6.47. The predicted molar refractivity (Wildman–Crippen MR) is 77.7 cm³/mol. The van der Waals surface area contributed by atoms with Crippen LogP contribution in [0.2, 0.25) is 0 Å². The van der Waals surface area contributed by atoms with Gasteiger partial charge in [-0.1, -0.05) is 12.1 Å². The summed E-state index contributed by atoms with van der Waals surface area (Å²) >= 11 is 1.44. The van der Waals surface area contributed by atoms with E-state index in [1.165, 1.54) is 18.4 Å². The summed E-state index contributed by atoms with van der Waals surface area (Å²) in [5.41, 5.74) is 4.41. The van der Waals surface area contributed by atoms with Crippen molar-refractivity contribution in [3.8, 4) is 0 Å². The Kier molecular flexibility index (Phi) is 4.67. The van der Waals surface area contributed by atoms with Crippen LogP contribution in [0, 0.1) is 13.8 Å². The third-order valence-corrected chi connectivity index (χ3v) is 3.64. The average molecular weight is 293 g/mol. The second-order valence-electron chi connectivity index (χ2n) is 4.01. The average Bonchev–Trinajstić information content (AvgIpc) is 2.75. The van der Waals surface area contributed by atoms with Crippen LogP contribution in [0.5, 0.6) is 0 Å². The van der Waals surface area contributed by atoms with Crippen molar-refractivity contribution < 1.29 is 14.7 Å². The number of anilines is 2. The molecule has 6 nitrogen and oxygen atoms in total. The van der Waals surface area contributed by atoms with Gasteiger partial charge in [0.2, 0.25) is 0 Å². The normalized spacial score (nSPS) is 10.3. The third-order valence-electron chi connectivity index (χ3n) is 2.66. The molecule has 2 N–H and O–H groups in total. The first-order chi connectivity index (χ1) is 9.61. The van der Waals surface area contributed by atoms with E-state index in [2.05, 4.69) is 25.7 Å². The minimum atomic E-state index is -0.262. The minimum absolute atomic E-state index is 0.262. The quantitative estimate of drug-likeness (QED) is 0.655. The van der Waals surface area contributed by atoms with Crippen LogP contribution in [-0.4, -0.2) is 18.0 Å². The molecule has 1 aromatic heterocycles. The molecule has 0 aliphatic rings. The van der Waals surface area contributed by atoms with E-state index in [0.29, 0.717) is 16.4 Å². The predicted octanol–water partition coefficient (Wildman–Crippen LogP) is 2.92. The SMILES string of the molecule is COONc1ccccc1C(=O)Nc1nc(C)c(C)s1. The molecule has 2 rings (SSSR count). The molecular weight excluding hydrogens is 278 g/mol. The molecule has 106 valence electrons. The first-order valence-corrected chi connectivity index (χ1v) is 6.73. The zero-order valence-corrected chi connectivity index (χ0v) is 12.2. The Morgan fingerprint density at radius 3 is 2.70 bits per heavy atom. The van der Waals surface area contributed by atoms with Gasteiger partial charge in [-0.05, 0) is 26.0 Å². The van der Waals surface area contributed by atoms with Crippen molar-refractivity contribution in [2.45, 2.75) is 13.8 Å². The summed E-state index contributed by atoms with van der Waals surface area (Å²) in [6, 6.07) is 6.96. The van der Waals surface area contributed by atoms with E-state index in [4.69, 9.17) is 0 Å². The molecular formula is C13H15N3O3S. The number of para-hydroxylation sites is 1. The molecule has 0 atom stereocenters. The molecule has 0 radical (unpaired) electrons. The minimum Gasteiger partial charge on any atom is -0.298 e. The van der Waals surface area contributed by atoms with Crippen molar-refractivity contribution in [2.24, 2.45) is 0 Å². The van der Waals surface area contributed by atoms with Crippen LogP contribution in [0.25, 0.3) is 0 Å². The number of benzene rings is 1. The molecule has 0 bridgehead atoms. The molecule has 1 heterocycles. The van der Waals surface area contributed by atoms with E-state index in [1.54, 1.807) is 24.3 Å². The lowest BCUT2D eigenvalue weighted by molar-refractivity contribution is -0.248. The fourth-order valence-electron chi connectivity index (χ4n) is 1.55. The van der Waals surface area contributed by atoms with Crippen molar-refractivity contribution in [3.05, 3.63) is 40.4 Å². The van der Waals surface area contributed by atoms with Crippen molar-refractivity contribution in [1.29, 1.82) is 0 Å². The summed E-state index contributed by atoms with van der Waals surface area (Å²) in [5, 5.41) is 3.35. The van der Waals surface area contributed by atoms with E-state index in [0.717, 1.165) is 10.6 Å². The van der Waals surface area contributed by atoms with Gasteiger partial charge in [0.15, 0.2) is 5.13 Å². The molecule has 0 unspecified atom stereocenters. The molecule has 7 heteroatoms. The largest absolute Gasteiger partial charge is 0.298 e. The van der Waals surface area contributed by atoms with Crippen LogP contribution in [0.15, 0.2) is 24.3 Å². The van der Waals surface area contributed by atoms with Crippen molar-refractivity contribution in [3.63, 3.8) is 0 Å². The van der Waals surface area contributed by atoms with Gasteiger partial charge in [0.25, 0.3) is 5.91 Å². The highest BCUT2D eigenvalue weighted by atomic mass is 32.1. The zero-order chi connectivity index (χ0) is 14.5. The lowest BCUT2D eigenvalue weighted by Crippen LogP contribution is -2.14. The van der Waals surface area contributed by atoms with E-state index in [1.807, 2.05) is 13.8 Å². The molecule has 20 heavy (non-hydrogen) atoms. The van der Waals surface area contributed by atoms with Gasteiger partial charge in [0.1, 0.15) is 0 Å². The summed E-state index contributed by atoms with van der Waals surface area (Å²) in [4.78, 5) is 26.7. The summed E-state index contributed by atoms with van der Waals surface area (Å²) in [5.74, 6) is -0.262. The lowest BCUT2D eigenvalue weighted by Gasteiger charge is -2.09. The number of aromatic nitrogens is 1. The molecule has 0 fully saturated rings. The Balaban J connectivity index is 2.16. The Morgan fingerprint density at radius 2 is 2.05 bits per heavy atom. The van der Waals surface area contributed by atoms with Gasteiger partial charge < -0.3 is 0 Å². The van der Waals surface area contributed by atoms with Crippen LogP contribution in [0.4, 0.5) is 10.8 Å². The highest BCUT2D eigenvalue weighted by Crippen LogP contribution is 2.23. The van der Waals surface area contributed by atoms with Gasteiger partial charge in [-0.25, -0.2) is 15.4 Å². The van der Waals surface area contributed by atoms with Crippen LogP contribution >= 0.6 is 11.3 Å². The highest BCUT2D eigenvalue weighted by molar-refractivity contribution is 7.15. The number of carbonyl (C=O) groups is 1. The van der Waals surface area contributed by atoms with Gasteiger partial charge in [-0.15, -0.1) is 16.3 Å². The van der Waals surface area contributed by atoms with Gasteiger partial charge >= 0.3 is 0 Å². The summed E-state index contributed by atoms with van der Waals surface area (Å²) in [7, 11) is 1.37. The monoisotopic (exact) mass is 293 g/mol. The second-order valence-corrected chi connectivity index (χ2v) is 5.22. The van der Waals surface area contributed by atoms with Crippen LogP contribution in [-0.2, 0) is 9.88 Å². The zero-order valence-electron chi connectivity index (χ0n) is 11.4. The Labute approximate surface area is 120 Å². The first kappa shape index (κ1) is 14.4. The molecule has 0 spiro atoms. The number of nitrogens with zero attached hydrogens (tertiary/aromatic N) is 1. The first-order valence-electron chi connectivity index (χ1n) is 5.92.